The van der Waals surface area contributed by atoms with Gasteiger partial charge in [0.25, 0.3) is 0 Å². The highest BCUT2D eigenvalue weighted by Crippen LogP contribution is 2.35. The van der Waals surface area contributed by atoms with Crippen LogP contribution in [0.5, 0.6) is 0 Å². The Hall–Kier alpha value is -2.43. The van der Waals surface area contributed by atoms with Gasteiger partial charge in [-0.1, -0.05) is 103 Å². The molecule has 0 aliphatic heterocycles. The highest BCUT2D eigenvalue weighted by Gasteiger charge is 2.17. The van der Waals surface area contributed by atoms with Crippen LogP contribution in [0.1, 0.15) is 0 Å². The summed E-state index contributed by atoms with van der Waals surface area (Å²) in [5.74, 6) is 0. The Morgan fingerprint density at radius 2 is 0.957 bits per heavy atom. The number of hydrogen-bond acceptors (Lipinski definition) is 0. The lowest BCUT2D eigenvalue weighted by molar-refractivity contribution is 1.74. The van der Waals surface area contributed by atoms with E-state index in [9.17, 15) is 0 Å². The van der Waals surface area contributed by atoms with Gasteiger partial charge in [0.15, 0.2) is 0 Å². The van der Waals surface area contributed by atoms with Crippen molar-refractivity contribution in [3.8, 4) is 0 Å². The van der Waals surface area contributed by atoms with E-state index in [-0.39, 0.29) is 0 Å². The van der Waals surface area contributed by atoms with Crippen LogP contribution in [0.4, 0.5) is 0 Å². The highest BCUT2D eigenvalue weighted by atomic mass is 31.1. The maximum atomic E-state index is 2.29. The second-order valence-corrected chi connectivity index (χ2v) is 7.69. The van der Waals surface area contributed by atoms with E-state index < -0.39 is 7.92 Å². The van der Waals surface area contributed by atoms with Gasteiger partial charge >= 0.3 is 0 Å². The van der Waals surface area contributed by atoms with E-state index in [1.54, 1.807) is 0 Å². The third kappa shape index (κ3) is 2.79. The van der Waals surface area contributed by atoms with E-state index in [4.69, 9.17) is 0 Å². The van der Waals surface area contributed by atoms with Crippen LogP contribution in [0.2, 0.25) is 0 Å². The van der Waals surface area contributed by atoms with Crippen LogP contribution in [-0.2, 0) is 0 Å². The molecule has 0 nitrogen and oxygen atoms in total. The minimum atomic E-state index is -0.546. The van der Waals surface area contributed by atoms with Gasteiger partial charge in [0, 0.05) is 0 Å². The second kappa shape index (κ2) is 6.36. The minimum Gasteiger partial charge on any atom is -0.0622 e. The third-order valence-corrected chi connectivity index (χ3v) is 6.54. The number of hydrogen-bond donors (Lipinski definition) is 0. The summed E-state index contributed by atoms with van der Waals surface area (Å²) in [6.45, 7) is 0. The molecule has 0 amide bonds. The van der Waals surface area contributed by atoms with Crippen molar-refractivity contribution in [2.45, 2.75) is 0 Å². The highest BCUT2D eigenvalue weighted by molar-refractivity contribution is 7.80. The van der Waals surface area contributed by atoms with Crippen LogP contribution in [0.15, 0.2) is 103 Å². The van der Waals surface area contributed by atoms with Gasteiger partial charge in [-0.05, 0) is 34.6 Å². The lowest BCUT2D eigenvalue weighted by atomic mass is 10.1. The standard InChI is InChI=1S/C22H17P/c1-3-12-19(13-4-1)23(20-14-5-2-6-15-20)22-17-9-11-18-10-7-8-16-21(18)22/h1-17H. The molecule has 0 spiro atoms. The molecular formula is C22H17P. The lowest BCUT2D eigenvalue weighted by Crippen LogP contribution is -2.21. The Bertz CT molecular complexity index is 869. The Balaban J connectivity index is 1.98. The molecule has 110 valence electrons. The predicted octanol–water partition coefficient (Wildman–Crippen LogP) is 4.60. The largest absolute Gasteiger partial charge is 0.0622 e. The van der Waals surface area contributed by atoms with E-state index in [1.807, 2.05) is 0 Å². The Morgan fingerprint density at radius 3 is 1.61 bits per heavy atom. The van der Waals surface area contributed by atoms with Gasteiger partial charge in [-0.2, -0.15) is 0 Å². The van der Waals surface area contributed by atoms with Gasteiger partial charge in [-0.3, -0.25) is 0 Å². The molecule has 4 rings (SSSR count). The SMILES string of the molecule is c1ccc(P(c2ccccc2)c2cccc3ccccc23)cc1. The molecule has 1 heteroatoms. The number of fused-ring (bicyclic) bond motifs is 1. The zero-order valence-electron chi connectivity index (χ0n) is 12.8. The van der Waals surface area contributed by atoms with Crippen molar-refractivity contribution >= 4 is 34.6 Å². The molecule has 0 aliphatic rings. The summed E-state index contributed by atoms with van der Waals surface area (Å²) in [5.41, 5.74) is 0. The fraction of sp³-hybridized carbons (Fsp3) is 0. The number of benzene rings is 4. The first-order valence-corrected chi connectivity index (χ1v) is 9.16. The van der Waals surface area contributed by atoms with Crippen molar-refractivity contribution in [3.05, 3.63) is 103 Å². The van der Waals surface area contributed by atoms with Gasteiger partial charge < -0.3 is 0 Å². The quantitative estimate of drug-likeness (QED) is 0.485. The average Bonchev–Trinajstić information content (AvgIpc) is 2.64. The van der Waals surface area contributed by atoms with Crippen LogP contribution in [-0.4, -0.2) is 0 Å². The molecule has 0 aliphatic carbocycles. The minimum absolute atomic E-state index is 0.546. The normalized spacial score (nSPS) is 11.0. The molecule has 0 unspecified atom stereocenters. The predicted molar refractivity (Wildman–Crippen MR) is 103 cm³/mol. The molecule has 0 saturated carbocycles. The summed E-state index contributed by atoms with van der Waals surface area (Å²) in [7, 11) is -0.546. The van der Waals surface area contributed by atoms with E-state index in [1.165, 1.54) is 26.7 Å². The zero-order valence-corrected chi connectivity index (χ0v) is 13.7. The number of rotatable bonds is 3. The van der Waals surface area contributed by atoms with Crippen molar-refractivity contribution in [1.29, 1.82) is 0 Å². The summed E-state index contributed by atoms with van der Waals surface area (Å²) in [4.78, 5) is 0. The van der Waals surface area contributed by atoms with Crippen LogP contribution in [0.25, 0.3) is 10.8 Å². The molecule has 23 heavy (non-hydrogen) atoms. The van der Waals surface area contributed by atoms with Crippen molar-refractivity contribution in [2.24, 2.45) is 0 Å². The maximum Gasteiger partial charge on any atom is -0.00726 e. The molecule has 0 N–H and O–H groups in total. The molecule has 0 aromatic heterocycles. The summed E-state index contributed by atoms with van der Waals surface area (Å²) < 4.78 is 0. The molecule has 0 atom stereocenters. The summed E-state index contributed by atoms with van der Waals surface area (Å²) in [6, 6.07) is 37.1. The Morgan fingerprint density at radius 1 is 0.435 bits per heavy atom. The van der Waals surface area contributed by atoms with Crippen molar-refractivity contribution in [2.75, 3.05) is 0 Å². The summed E-state index contributed by atoms with van der Waals surface area (Å²) in [6.07, 6.45) is 0. The smallest absolute Gasteiger partial charge is 0.00726 e. The molecule has 0 radical (unpaired) electrons. The van der Waals surface area contributed by atoms with E-state index in [0.717, 1.165) is 0 Å². The molecular weight excluding hydrogens is 295 g/mol. The first-order chi connectivity index (χ1) is 11.4. The monoisotopic (exact) mass is 312 g/mol. The van der Waals surface area contributed by atoms with Gasteiger partial charge in [0.1, 0.15) is 0 Å². The molecule has 0 heterocycles. The molecule has 4 aromatic rings. The third-order valence-electron chi connectivity index (χ3n) is 4.04. The molecule has 0 saturated heterocycles. The molecule has 0 fully saturated rings. The summed E-state index contributed by atoms with van der Waals surface area (Å²) in [5, 5.41) is 6.88. The second-order valence-electron chi connectivity index (χ2n) is 5.50. The van der Waals surface area contributed by atoms with Gasteiger partial charge in [-0.25, -0.2) is 0 Å². The molecule has 4 aromatic carbocycles. The van der Waals surface area contributed by atoms with Crippen LogP contribution >= 0.6 is 7.92 Å². The Kier molecular flexibility index (Phi) is 3.92. The van der Waals surface area contributed by atoms with E-state index in [2.05, 4.69) is 103 Å². The van der Waals surface area contributed by atoms with Crippen LogP contribution in [0, 0.1) is 0 Å². The summed E-state index contributed by atoms with van der Waals surface area (Å²) >= 11 is 0. The Labute approximate surface area is 138 Å². The topological polar surface area (TPSA) is 0 Å². The first kappa shape index (κ1) is 14.2. The van der Waals surface area contributed by atoms with Crippen LogP contribution in [0.3, 0.4) is 0 Å². The van der Waals surface area contributed by atoms with Crippen molar-refractivity contribution in [3.63, 3.8) is 0 Å². The zero-order chi connectivity index (χ0) is 15.5. The fourth-order valence-corrected chi connectivity index (χ4v) is 5.46. The van der Waals surface area contributed by atoms with Crippen molar-refractivity contribution in [1.82, 2.24) is 0 Å². The van der Waals surface area contributed by atoms with Gasteiger partial charge in [0.2, 0.25) is 0 Å². The lowest BCUT2D eigenvalue weighted by Gasteiger charge is -2.21. The van der Waals surface area contributed by atoms with Gasteiger partial charge in [0.05, 0.1) is 0 Å². The van der Waals surface area contributed by atoms with Crippen LogP contribution < -0.4 is 15.9 Å². The van der Waals surface area contributed by atoms with Gasteiger partial charge in [-0.15, -0.1) is 0 Å². The first-order valence-electron chi connectivity index (χ1n) is 7.81. The van der Waals surface area contributed by atoms with Crippen molar-refractivity contribution < 1.29 is 0 Å². The van der Waals surface area contributed by atoms with E-state index in [0.29, 0.717) is 0 Å². The fourth-order valence-electron chi connectivity index (χ4n) is 2.98. The van der Waals surface area contributed by atoms with E-state index >= 15 is 0 Å². The molecule has 0 bridgehead atoms. The maximum absolute atomic E-state index is 2.29. The average molecular weight is 312 g/mol.